The molecule has 1 aromatic rings. The van der Waals surface area contributed by atoms with Gasteiger partial charge in [-0.25, -0.2) is 0 Å². The Hall–Kier alpha value is -2.05. The predicted octanol–water partition coefficient (Wildman–Crippen LogP) is 3.38. The third-order valence-corrected chi connectivity index (χ3v) is 3.95. The van der Waals surface area contributed by atoms with Crippen LogP contribution in [-0.2, 0) is 16.1 Å². The second-order valence-corrected chi connectivity index (χ2v) is 5.66. The van der Waals surface area contributed by atoms with Crippen LogP contribution in [0.2, 0.25) is 0 Å². The molecule has 0 aliphatic heterocycles. The summed E-state index contributed by atoms with van der Waals surface area (Å²) < 4.78 is 36.7. The third kappa shape index (κ3) is 4.97. The molecule has 0 unspecified atom stereocenters. The third-order valence-electron chi connectivity index (χ3n) is 3.95. The first-order valence-electron chi connectivity index (χ1n) is 7.61. The lowest BCUT2D eigenvalue weighted by atomic mass is 9.88. The fourth-order valence-corrected chi connectivity index (χ4v) is 2.67. The highest BCUT2D eigenvalue weighted by Gasteiger charge is 2.38. The van der Waals surface area contributed by atoms with E-state index in [9.17, 15) is 22.8 Å². The number of alkyl halides is 3. The van der Waals surface area contributed by atoms with Crippen molar-refractivity contribution in [3.63, 3.8) is 0 Å². The zero-order valence-corrected chi connectivity index (χ0v) is 12.6. The molecule has 2 rings (SSSR count). The van der Waals surface area contributed by atoms with Crippen molar-refractivity contribution in [2.45, 2.75) is 44.8 Å². The molecule has 23 heavy (non-hydrogen) atoms. The summed E-state index contributed by atoms with van der Waals surface area (Å²) in [7, 11) is 0. The van der Waals surface area contributed by atoms with E-state index in [0.717, 1.165) is 32.1 Å². The molecule has 126 valence electrons. The molecule has 1 aliphatic rings. The van der Waals surface area contributed by atoms with E-state index in [2.05, 4.69) is 5.32 Å². The van der Waals surface area contributed by atoms with Gasteiger partial charge < -0.3 is 10.6 Å². The van der Waals surface area contributed by atoms with Crippen molar-refractivity contribution in [2.24, 2.45) is 5.92 Å². The second-order valence-electron chi connectivity index (χ2n) is 5.66. The lowest BCUT2D eigenvalue weighted by Gasteiger charge is -2.21. The summed E-state index contributed by atoms with van der Waals surface area (Å²) >= 11 is 0. The van der Waals surface area contributed by atoms with Crippen LogP contribution in [0.3, 0.4) is 0 Å². The number of carbonyl (C=O) groups excluding carboxylic acids is 2. The van der Waals surface area contributed by atoms with Crippen LogP contribution in [-0.4, -0.2) is 18.0 Å². The van der Waals surface area contributed by atoms with Gasteiger partial charge in [0.2, 0.25) is 5.91 Å². The number of hydrogen-bond acceptors (Lipinski definition) is 2. The van der Waals surface area contributed by atoms with Crippen LogP contribution >= 0.6 is 0 Å². The van der Waals surface area contributed by atoms with Crippen LogP contribution < -0.4 is 10.6 Å². The topological polar surface area (TPSA) is 58.2 Å². The fraction of sp³-hybridized carbons (Fsp3) is 0.500. The number of para-hydroxylation sites is 1. The Morgan fingerprint density at radius 2 is 1.74 bits per heavy atom. The van der Waals surface area contributed by atoms with Gasteiger partial charge in [-0.3, -0.25) is 9.59 Å². The van der Waals surface area contributed by atoms with Gasteiger partial charge in [-0.05, 0) is 24.5 Å². The molecule has 0 bridgehead atoms. The summed E-state index contributed by atoms with van der Waals surface area (Å²) in [5, 5.41) is 4.59. The lowest BCUT2D eigenvalue weighted by molar-refractivity contribution is -0.173. The number of hydrogen-bond donors (Lipinski definition) is 2. The molecule has 1 aromatic carbocycles. The quantitative estimate of drug-likeness (QED) is 0.890. The van der Waals surface area contributed by atoms with Crippen molar-refractivity contribution in [2.75, 3.05) is 5.32 Å². The van der Waals surface area contributed by atoms with E-state index in [1.807, 2.05) is 5.32 Å². The number of rotatable bonds is 4. The number of amides is 2. The SMILES string of the molecule is O=C(Nc1ccccc1CNC(=O)C(F)(F)F)C1CCCCC1. The molecule has 1 saturated carbocycles. The van der Waals surface area contributed by atoms with Crippen LogP contribution in [0.4, 0.5) is 18.9 Å². The first-order chi connectivity index (χ1) is 10.9. The number of carbonyl (C=O) groups is 2. The predicted molar refractivity (Wildman–Crippen MR) is 79.5 cm³/mol. The van der Waals surface area contributed by atoms with Gasteiger partial charge in [0.15, 0.2) is 0 Å². The molecule has 0 atom stereocenters. The molecular weight excluding hydrogens is 309 g/mol. The summed E-state index contributed by atoms with van der Waals surface area (Å²) in [6.45, 7) is -0.292. The Bertz CT molecular complexity index is 567. The Morgan fingerprint density at radius 3 is 2.39 bits per heavy atom. The van der Waals surface area contributed by atoms with Crippen molar-refractivity contribution in [3.05, 3.63) is 29.8 Å². The molecule has 4 nitrogen and oxygen atoms in total. The van der Waals surface area contributed by atoms with Crippen molar-refractivity contribution < 1.29 is 22.8 Å². The molecule has 0 aromatic heterocycles. The summed E-state index contributed by atoms with van der Waals surface area (Å²) in [5.41, 5.74) is 0.875. The number of anilines is 1. The highest BCUT2D eigenvalue weighted by atomic mass is 19.4. The monoisotopic (exact) mass is 328 g/mol. The highest BCUT2D eigenvalue weighted by molar-refractivity contribution is 5.93. The molecule has 2 amide bonds. The van der Waals surface area contributed by atoms with E-state index in [1.54, 1.807) is 24.3 Å². The van der Waals surface area contributed by atoms with Gasteiger partial charge in [-0.1, -0.05) is 37.5 Å². The van der Waals surface area contributed by atoms with Gasteiger partial charge in [-0.15, -0.1) is 0 Å². The maximum Gasteiger partial charge on any atom is 0.471 e. The Kier molecular flexibility index (Phi) is 5.63. The Balaban J connectivity index is 1.99. The van der Waals surface area contributed by atoms with Crippen molar-refractivity contribution in [1.29, 1.82) is 0 Å². The Labute approximate surface area is 132 Å². The van der Waals surface area contributed by atoms with Crippen LogP contribution in [0, 0.1) is 5.92 Å². The number of nitrogens with one attached hydrogen (secondary N) is 2. The number of benzene rings is 1. The second kappa shape index (κ2) is 7.48. The molecule has 1 fully saturated rings. The van der Waals surface area contributed by atoms with E-state index in [1.165, 1.54) is 0 Å². The van der Waals surface area contributed by atoms with Crippen molar-refractivity contribution in [1.82, 2.24) is 5.32 Å². The normalized spacial score (nSPS) is 16.0. The lowest BCUT2D eigenvalue weighted by Crippen LogP contribution is -2.36. The average Bonchev–Trinajstić information content (AvgIpc) is 2.53. The molecule has 7 heteroatoms. The smallest absolute Gasteiger partial charge is 0.344 e. The van der Waals surface area contributed by atoms with Crippen LogP contribution in [0.25, 0.3) is 0 Å². The van der Waals surface area contributed by atoms with Crippen molar-refractivity contribution >= 4 is 17.5 Å². The summed E-state index contributed by atoms with van der Waals surface area (Å²) in [5.74, 6) is -2.16. The maximum absolute atomic E-state index is 12.2. The van der Waals surface area contributed by atoms with E-state index in [-0.39, 0.29) is 18.4 Å². The molecule has 0 spiro atoms. The van der Waals surface area contributed by atoms with Gasteiger partial charge in [0.1, 0.15) is 0 Å². The summed E-state index contributed by atoms with van der Waals surface area (Å²) in [6.07, 6.45) is -0.0928. The van der Waals surface area contributed by atoms with E-state index < -0.39 is 12.1 Å². The number of halogens is 3. The van der Waals surface area contributed by atoms with Crippen LogP contribution in [0.1, 0.15) is 37.7 Å². The summed E-state index contributed by atoms with van der Waals surface area (Å²) in [4.78, 5) is 23.1. The molecule has 0 heterocycles. The molecule has 2 N–H and O–H groups in total. The largest absolute Gasteiger partial charge is 0.471 e. The van der Waals surface area contributed by atoms with Gasteiger partial charge in [-0.2, -0.15) is 13.2 Å². The zero-order valence-electron chi connectivity index (χ0n) is 12.6. The van der Waals surface area contributed by atoms with E-state index in [4.69, 9.17) is 0 Å². The average molecular weight is 328 g/mol. The molecular formula is C16H19F3N2O2. The minimum absolute atomic E-state index is 0.0541. The zero-order chi connectivity index (χ0) is 16.9. The fourth-order valence-electron chi connectivity index (χ4n) is 2.67. The van der Waals surface area contributed by atoms with Crippen LogP contribution in [0.5, 0.6) is 0 Å². The highest BCUT2D eigenvalue weighted by Crippen LogP contribution is 2.26. The minimum atomic E-state index is -4.92. The Morgan fingerprint density at radius 1 is 1.09 bits per heavy atom. The first kappa shape index (κ1) is 17.3. The van der Waals surface area contributed by atoms with Crippen molar-refractivity contribution in [3.8, 4) is 0 Å². The first-order valence-corrected chi connectivity index (χ1v) is 7.61. The molecule has 0 radical (unpaired) electrons. The minimum Gasteiger partial charge on any atom is -0.344 e. The molecule has 1 aliphatic carbocycles. The van der Waals surface area contributed by atoms with E-state index >= 15 is 0 Å². The van der Waals surface area contributed by atoms with Gasteiger partial charge in [0.05, 0.1) is 0 Å². The van der Waals surface area contributed by atoms with Gasteiger partial charge in [0, 0.05) is 18.2 Å². The molecule has 0 saturated heterocycles. The van der Waals surface area contributed by atoms with Gasteiger partial charge in [0.25, 0.3) is 0 Å². The van der Waals surface area contributed by atoms with Gasteiger partial charge >= 0.3 is 12.1 Å². The standard InChI is InChI=1S/C16H19F3N2O2/c17-16(18,19)15(23)20-10-12-8-4-5-9-13(12)21-14(22)11-6-2-1-3-7-11/h4-5,8-9,11H,1-3,6-7,10H2,(H,20,23)(H,21,22). The van der Waals surface area contributed by atoms with E-state index in [0.29, 0.717) is 11.3 Å². The summed E-state index contributed by atoms with van der Waals surface area (Å²) in [6, 6.07) is 6.53. The maximum atomic E-state index is 12.2. The van der Waals surface area contributed by atoms with Crippen LogP contribution in [0.15, 0.2) is 24.3 Å².